The summed E-state index contributed by atoms with van der Waals surface area (Å²) < 4.78 is 16.9. The Morgan fingerprint density at radius 2 is 2.00 bits per heavy atom. The number of nitrogens with zero attached hydrogens (tertiary/aromatic N) is 1. The SMILES string of the molecule is CCOc1cc2c(cc1OC)CCN(COC)[C@H]2Cc1c[nH]c2ccccc12. The lowest BCUT2D eigenvalue weighted by Gasteiger charge is -2.37. The maximum atomic E-state index is 5.86. The van der Waals surface area contributed by atoms with Crippen LogP contribution in [0.15, 0.2) is 42.6 Å². The molecule has 1 aromatic heterocycles. The van der Waals surface area contributed by atoms with Gasteiger partial charge < -0.3 is 19.2 Å². The molecule has 1 aliphatic rings. The molecule has 0 aliphatic carbocycles. The Morgan fingerprint density at radius 3 is 2.79 bits per heavy atom. The highest BCUT2D eigenvalue weighted by Gasteiger charge is 2.30. The van der Waals surface area contributed by atoms with Crippen molar-refractivity contribution < 1.29 is 14.2 Å². The first kappa shape index (κ1) is 18.8. The number of hydrogen-bond acceptors (Lipinski definition) is 4. The van der Waals surface area contributed by atoms with Crippen LogP contribution in [0, 0.1) is 0 Å². The lowest BCUT2D eigenvalue weighted by molar-refractivity contribution is 0.0274. The summed E-state index contributed by atoms with van der Waals surface area (Å²) in [6.45, 7) is 4.19. The molecule has 0 amide bonds. The van der Waals surface area contributed by atoms with E-state index in [1.807, 2.05) is 6.92 Å². The van der Waals surface area contributed by atoms with Gasteiger partial charge in [0.1, 0.15) is 0 Å². The number of rotatable bonds is 7. The van der Waals surface area contributed by atoms with Crippen molar-refractivity contribution in [2.45, 2.75) is 25.8 Å². The third kappa shape index (κ3) is 3.48. The molecule has 0 saturated carbocycles. The zero-order valence-electron chi connectivity index (χ0n) is 16.8. The van der Waals surface area contributed by atoms with Gasteiger partial charge in [0.05, 0.1) is 20.4 Å². The smallest absolute Gasteiger partial charge is 0.161 e. The number of H-pyrrole nitrogens is 1. The minimum atomic E-state index is 0.230. The van der Waals surface area contributed by atoms with E-state index < -0.39 is 0 Å². The van der Waals surface area contributed by atoms with Crippen molar-refractivity contribution in [3.05, 3.63) is 59.3 Å². The van der Waals surface area contributed by atoms with Gasteiger partial charge in [-0.15, -0.1) is 0 Å². The predicted octanol–water partition coefficient (Wildman–Crippen LogP) is 4.32. The van der Waals surface area contributed by atoms with Crippen molar-refractivity contribution in [3.63, 3.8) is 0 Å². The van der Waals surface area contributed by atoms with E-state index in [0.717, 1.165) is 30.9 Å². The minimum Gasteiger partial charge on any atom is -0.493 e. The van der Waals surface area contributed by atoms with Crippen LogP contribution in [0.3, 0.4) is 0 Å². The van der Waals surface area contributed by atoms with Gasteiger partial charge in [0.15, 0.2) is 11.5 Å². The van der Waals surface area contributed by atoms with Crippen LogP contribution in [-0.4, -0.2) is 44.0 Å². The van der Waals surface area contributed by atoms with Gasteiger partial charge >= 0.3 is 0 Å². The molecule has 28 heavy (non-hydrogen) atoms. The van der Waals surface area contributed by atoms with Crippen molar-refractivity contribution in [3.8, 4) is 11.5 Å². The average Bonchev–Trinajstić information content (AvgIpc) is 3.13. The maximum Gasteiger partial charge on any atom is 0.161 e. The Bertz CT molecular complexity index is 950. The number of nitrogens with one attached hydrogen (secondary N) is 1. The van der Waals surface area contributed by atoms with Gasteiger partial charge in [-0.3, -0.25) is 4.90 Å². The van der Waals surface area contributed by atoms with Gasteiger partial charge in [-0.25, -0.2) is 0 Å². The summed E-state index contributed by atoms with van der Waals surface area (Å²) in [7, 11) is 3.46. The first-order valence-electron chi connectivity index (χ1n) is 9.86. The van der Waals surface area contributed by atoms with Gasteiger partial charge in [0, 0.05) is 36.8 Å². The van der Waals surface area contributed by atoms with Gasteiger partial charge in [-0.1, -0.05) is 18.2 Å². The number of para-hydroxylation sites is 1. The topological polar surface area (TPSA) is 46.7 Å². The van der Waals surface area contributed by atoms with Gasteiger partial charge in [-0.2, -0.15) is 0 Å². The lowest BCUT2D eigenvalue weighted by Crippen LogP contribution is -2.38. The molecule has 0 bridgehead atoms. The maximum absolute atomic E-state index is 5.86. The van der Waals surface area contributed by atoms with E-state index in [1.54, 1.807) is 14.2 Å². The van der Waals surface area contributed by atoms with E-state index in [-0.39, 0.29) is 6.04 Å². The number of benzene rings is 2. The predicted molar refractivity (Wildman–Crippen MR) is 111 cm³/mol. The zero-order chi connectivity index (χ0) is 19.5. The fourth-order valence-electron chi connectivity index (χ4n) is 4.26. The molecule has 3 aromatic rings. The molecule has 0 radical (unpaired) electrons. The first-order valence-corrected chi connectivity index (χ1v) is 9.86. The number of fused-ring (bicyclic) bond motifs is 2. The van der Waals surface area contributed by atoms with Crippen molar-refractivity contribution in [1.82, 2.24) is 9.88 Å². The molecule has 5 heteroatoms. The molecule has 2 heterocycles. The molecule has 0 spiro atoms. The Kier molecular flexibility index (Phi) is 5.55. The molecular weight excluding hydrogens is 352 g/mol. The minimum absolute atomic E-state index is 0.230. The molecule has 148 valence electrons. The second kappa shape index (κ2) is 8.25. The molecule has 4 rings (SSSR count). The molecule has 2 aromatic carbocycles. The van der Waals surface area contributed by atoms with Crippen LogP contribution in [0.4, 0.5) is 0 Å². The van der Waals surface area contributed by atoms with E-state index >= 15 is 0 Å². The van der Waals surface area contributed by atoms with Crippen LogP contribution < -0.4 is 9.47 Å². The molecule has 0 unspecified atom stereocenters. The monoisotopic (exact) mass is 380 g/mol. The van der Waals surface area contributed by atoms with E-state index in [2.05, 4.69) is 52.5 Å². The van der Waals surface area contributed by atoms with Crippen molar-refractivity contribution in [1.29, 1.82) is 0 Å². The molecule has 0 fully saturated rings. The highest BCUT2D eigenvalue weighted by molar-refractivity contribution is 5.83. The molecular formula is C23H28N2O3. The number of hydrogen-bond donors (Lipinski definition) is 1. The van der Waals surface area contributed by atoms with Gasteiger partial charge in [-0.05, 0) is 54.7 Å². The summed E-state index contributed by atoms with van der Waals surface area (Å²) in [6, 6.07) is 13.0. The number of ether oxygens (including phenoxy) is 3. The largest absolute Gasteiger partial charge is 0.493 e. The average molecular weight is 380 g/mol. The van der Waals surface area contributed by atoms with E-state index in [9.17, 15) is 0 Å². The Labute approximate surface area is 166 Å². The zero-order valence-corrected chi connectivity index (χ0v) is 16.8. The second-order valence-corrected chi connectivity index (χ2v) is 7.19. The number of methoxy groups -OCH3 is 2. The third-order valence-corrected chi connectivity index (χ3v) is 5.58. The van der Waals surface area contributed by atoms with Gasteiger partial charge in [0.25, 0.3) is 0 Å². The molecule has 1 atom stereocenters. The normalized spacial score (nSPS) is 16.9. The quantitative estimate of drug-likeness (QED) is 0.663. The lowest BCUT2D eigenvalue weighted by atomic mass is 9.88. The van der Waals surface area contributed by atoms with Crippen LogP contribution in [0.2, 0.25) is 0 Å². The number of aromatic nitrogens is 1. The van der Waals surface area contributed by atoms with Crippen LogP contribution in [0.25, 0.3) is 10.9 Å². The Balaban J connectivity index is 1.76. The molecule has 0 saturated heterocycles. The molecule has 5 nitrogen and oxygen atoms in total. The van der Waals surface area contributed by atoms with Crippen LogP contribution >= 0.6 is 0 Å². The third-order valence-electron chi connectivity index (χ3n) is 5.58. The summed E-state index contributed by atoms with van der Waals surface area (Å²) in [5.41, 5.74) is 5.13. The van der Waals surface area contributed by atoms with Crippen LogP contribution in [0.1, 0.15) is 29.7 Å². The van der Waals surface area contributed by atoms with Crippen molar-refractivity contribution in [2.75, 3.05) is 34.1 Å². The van der Waals surface area contributed by atoms with E-state index in [0.29, 0.717) is 13.3 Å². The second-order valence-electron chi connectivity index (χ2n) is 7.19. The summed E-state index contributed by atoms with van der Waals surface area (Å²) in [6.07, 6.45) is 4.03. The highest BCUT2D eigenvalue weighted by atomic mass is 16.5. The van der Waals surface area contributed by atoms with E-state index in [4.69, 9.17) is 14.2 Å². The fourth-order valence-corrected chi connectivity index (χ4v) is 4.26. The summed E-state index contributed by atoms with van der Waals surface area (Å²) in [5.74, 6) is 1.62. The van der Waals surface area contributed by atoms with Crippen molar-refractivity contribution in [2.24, 2.45) is 0 Å². The van der Waals surface area contributed by atoms with Crippen LogP contribution in [0.5, 0.6) is 11.5 Å². The Hall–Kier alpha value is -2.50. The standard InChI is InChI=1S/C23H28N2O3/c1-4-28-23-13-19-16(12-22(23)27-3)9-10-25(15-26-2)21(19)11-17-14-24-20-8-6-5-7-18(17)20/h5-8,12-14,21,24H,4,9-11,15H2,1-3H3/t21-/m0/s1. The fraction of sp³-hybridized carbons (Fsp3) is 0.391. The van der Waals surface area contributed by atoms with Crippen molar-refractivity contribution >= 4 is 10.9 Å². The molecule has 1 aliphatic heterocycles. The van der Waals surface area contributed by atoms with Gasteiger partial charge in [0.2, 0.25) is 0 Å². The number of aromatic amines is 1. The molecule has 1 N–H and O–H groups in total. The first-order chi connectivity index (χ1) is 13.7. The Morgan fingerprint density at radius 1 is 1.14 bits per heavy atom. The highest BCUT2D eigenvalue weighted by Crippen LogP contribution is 2.40. The van der Waals surface area contributed by atoms with E-state index in [1.165, 1.54) is 27.6 Å². The summed E-state index contributed by atoms with van der Waals surface area (Å²) >= 11 is 0. The van der Waals surface area contributed by atoms with Crippen LogP contribution in [-0.2, 0) is 17.6 Å². The summed E-state index contributed by atoms with van der Waals surface area (Å²) in [5, 5.41) is 1.28. The summed E-state index contributed by atoms with van der Waals surface area (Å²) in [4.78, 5) is 5.81.